The van der Waals surface area contributed by atoms with Crippen LogP contribution in [0.5, 0.6) is 18.0 Å². The van der Waals surface area contributed by atoms with Crippen molar-refractivity contribution in [1.82, 2.24) is 15.0 Å². The topological polar surface area (TPSA) is 104 Å². The molecule has 3 rings (SSSR count). The van der Waals surface area contributed by atoms with Gasteiger partial charge in [-0.1, -0.05) is 43.2 Å². The van der Waals surface area contributed by atoms with E-state index < -0.39 is 11.6 Å². The third kappa shape index (κ3) is 3.45. The lowest BCUT2D eigenvalue weighted by molar-refractivity contribution is -0.164. The fraction of sp³-hybridized carbons (Fsp3) is 0.444. The molecule has 0 saturated heterocycles. The summed E-state index contributed by atoms with van der Waals surface area (Å²) < 4.78 is 15.2. The maximum atomic E-state index is 13.0. The molecule has 1 fully saturated rings. The van der Waals surface area contributed by atoms with Crippen molar-refractivity contribution < 1.29 is 24.1 Å². The number of hydrogen-bond acceptors (Lipinski definition) is 8. The van der Waals surface area contributed by atoms with Gasteiger partial charge in [0.05, 0.1) is 14.2 Å². The lowest BCUT2D eigenvalue weighted by Gasteiger charge is -2.31. The van der Waals surface area contributed by atoms with Gasteiger partial charge in [-0.25, -0.2) is 4.79 Å². The van der Waals surface area contributed by atoms with Crippen LogP contribution in [0.25, 0.3) is 0 Å². The summed E-state index contributed by atoms with van der Waals surface area (Å²) in [5.74, 6) is -1.06. The second kappa shape index (κ2) is 7.65. The van der Waals surface area contributed by atoms with Crippen molar-refractivity contribution in [3.63, 3.8) is 0 Å². The Balaban J connectivity index is 1.94. The number of methoxy groups -OCH3 is 2. The lowest BCUT2D eigenvalue weighted by Crippen LogP contribution is -2.45. The fourth-order valence-corrected chi connectivity index (χ4v) is 3.27. The summed E-state index contributed by atoms with van der Waals surface area (Å²) in [4.78, 5) is 24.6. The average molecular weight is 359 g/mol. The molecule has 1 aromatic carbocycles. The van der Waals surface area contributed by atoms with Gasteiger partial charge < -0.3 is 19.3 Å². The molecule has 1 aromatic heterocycles. The van der Waals surface area contributed by atoms with E-state index >= 15 is 0 Å². The van der Waals surface area contributed by atoms with Crippen molar-refractivity contribution in [2.24, 2.45) is 5.92 Å². The predicted molar refractivity (Wildman–Crippen MR) is 90.9 cm³/mol. The highest BCUT2D eigenvalue weighted by molar-refractivity contribution is 5.83. The molecular formula is C18H21N3O5. The Bertz CT molecular complexity index is 742. The van der Waals surface area contributed by atoms with Gasteiger partial charge in [0.1, 0.15) is 0 Å². The Morgan fingerprint density at radius 2 is 1.54 bits per heavy atom. The van der Waals surface area contributed by atoms with Crippen molar-refractivity contribution >= 4 is 5.97 Å². The van der Waals surface area contributed by atoms with E-state index in [9.17, 15) is 9.90 Å². The number of hydrogen-bond donors (Lipinski definition) is 1. The van der Waals surface area contributed by atoms with E-state index in [-0.39, 0.29) is 23.9 Å². The average Bonchev–Trinajstić information content (AvgIpc) is 3.22. The largest absolute Gasteiger partial charge is 0.467 e. The molecule has 1 aliphatic carbocycles. The van der Waals surface area contributed by atoms with Crippen LogP contribution in [0.1, 0.15) is 31.2 Å². The minimum Gasteiger partial charge on any atom is -0.467 e. The van der Waals surface area contributed by atoms with Gasteiger partial charge in [0, 0.05) is 5.92 Å². The summed E-state index contributed by atoms with van der Waals surface area (Å²) in [6, 6.07) is 8.42. The minimum atomic E-state index is -1.77. The highest BCUT2D eigenvalue weighted by Crippen LogP contribution is 2.41. The molecule has 0 radical (unpaired) electrons. The monoisotopic (exact) mass is 359 g/mol. The lowest BCUT2D eigenvalue weighted by atomic mass is 9.80. The smallest absolute Gasteiger partial charge is 0.350 e. The Kier molecular flexibility index (Phi) is 5.32. The van der Waals surface area contributed by atoms with Gasteiger partial charge in [0.25, 0.3) is 0 Å². The quantitative estimate of drug-likeness (QED) is 0.780. The molecule has 8 heteroatoms. The second-order valence-corrected chi connectivity index (χ2v) is 6.09. The molecule has 0 bridgehead atoms. The van der Waals surface area contributed by atoms with Crippen LogP contribution in [0.15, 0.2) is 30.3 Å². The Labute approximate surface area is 151 Å². The second-order valence-electron chi connectivity index (χ2n) is 6.09. The number of aromatic nitrogens is 3. The van der Waals surface area contributed by atoms with Crippen molar-refractivity contribution in [3.8, 4) is 18.0 Å². The zero-order chi connectivity index (χ0) is 18.6. The van der Waals surface area contributed by atoms with Gasteiger partial charge in [0.2, 0.25) is 0 Å². The minimum absolute atomic E-state index is 0.0521. The van der Waals surface area contributed by atoms with Crippen molar-refractivity contribution in [2.45, 2.75) is 31.3 Å². The molecule has 1 atom stereocenters. The SMILES string of the molecule is COc1nc(OC)nc(OC(=O)C(O)(c2ccccc2)C2CCCC2)n1. The molecule has 1 unspecified atom stereocenters. The molecule has 0 amide bonds. The third-order valence-electron chi connectivity index (χ3n) is 4.59. The van der Waals surface area contributed by atoms with Crippen molar-refractivity contribution in [2.75, 3.05) is 14.2 Å². The van der Waals surface area contributed by atoms with E-state index in [0.29, 0.717) is 5.56 Å². The number of carbonyl (C=O) groups is 1. The number of esters is 1. The fourth-order valence-electron chi connectivity index (χ4n) is 3.27. The first kappa shape index (κ1) is 18.1. The van der Waals surface area contributed by atoms with Gasteiger partial charge in [0.15, 0.2) is 5.60 Å². The standard InChI is InChI=1S/C18H21N3O5/c1-24-15-19-16(25-2)21-17(20-15)26-14(22)18(23,13-10-6-7-11-13)12-8-4-3-5-9-12/h3-5,8-9,13,23H,6-7,10-11H2,1-2H3. The van der Waals surface area contributed by atoms with Crippen LogP contribution in [0.2, 0.25) is 0 Å². The number of ether oxygens (including phenoxy) is 3. The Hall–Kier alpha value is -2.74. The van der Waals surface area contributed by atoms with Crippen LogP contribution in [-0.4, -0.2) is 40.2 Å². The number of carbonyl (C=O) groups excluding carboxylic acids is 1. The molecule has 1 N–H and O–H groups in total. The van der Waals surface area contributed by atoms with Crippen LogP contribution in [0, 0.1) is 5.92 Å². The zero-order valence-electron chi connectivity index (χ0n) is 14.7. The predicted octanol–water partition coefficient (Wildman–Crippen LogP) is 1.87. The van der Waals surface area contributed by atoms with E-state index in [4.69, 9.17) is 14.2 Å². The normalized spacial score (nSPS) is 16.7. The third-order valence-corrected chi connectivity index (χ3v) is 4.59. The van der Waals surface area contributed by atoms with E-state index in [1.807, 2.05) is 6.07 Å². The van der Waals surface area contributed by atoms with Gasteiger partial charge >= 0.3 is 24.0 Å². The van der Waals surface area contributed by atoms with Gasteiger partial charge in [-0.05, 0) is 18.4 Å². The highest BCUT2D eigenvalue weighted by Gasteiger charge is 2.48. The first-order valence-electron chi connectivity index (χ1n) is 8.42. The molecule has 8 nitrogen and oxygen atoms in total. The van der Waals surface area contributed by atoms with Crippen LogP contribution in [0.4, 0.5) is 0 Å². The van der Waals surface area contributed by atoms with E-state index in [1.165, 1.54) is 14.2 Å². The number of nitrogens with zero attached hydrogens (tertiary/aromatic N) is 3. The molecule has 2 aromatic rings. The number of rotatable bonds is 6. The van der Waals surface area contributed by atoms with E-state index in [1.54, 1.807) is 24.3 Å². The van der Waals surface area contributed by atoms with Crippen LogP contribution >= 0.6 is 0 Å². The summed E-state index contributed by atoms with van der Waals surface area (Å²) in [7, 11) is 2.75. The van der Waals surface area contributed by atoms with Gasteiger partial charge in [-0.15, -0.1) is 15.0 Å². The maximum absolute atomic E-state index is 13.0. The first-order valence-corrected chi connectivity index (χ1v) is 8.42. The summed E-state index contributed by atoms with van der Waals surface area (Å²) in [5, 5.41) is 11.4. The van der Waals surface area contributed by atoms with Crippen molar-refractivity contribution in [3.05, 3.63) is 35.9 Å². The summed E-state index contributed by atoms with van der Waals surface area (Å²) in [6.45, 7) is 0. The van der Waals surface area contributed by atoms with Gasteiger partial charge in [-0.2, -0.15) is 0 Å². The first-order chi connectivity index (χ1) is 12.6. The highest BCUT2D eigenvalue weighted by atomic mass is 16.6. The molecule has 1 aliphatic rings. The van der Waals surface area contributed by atoms with Crippen LogP contribution in [-0.2, 0) is 10.4 Å². The number of benzene rings is 1. The van der Waals surface area contributed by atoms with Gasteiger partial charge in [-0.3, -0.25) is 0 Å². The summed E-state index contributed by atoms with van der Waals surface area (Å²) in [6.07, 6.45) is 3.40. The molecule has 138 valence electrons. The molecule has 1 saturated carbocycles. The van der Waals surface area contributed by atoms with E-state index in [2.05, 4.69) is 15.0 Å². The Morgan fingerprint density at radius 3 is 2.08 bits per heavy atom. The molecule has 0 spiro atoms. The maximum Gasteiger partial charge on any atom is 0.350 e. The molecule has 26 heavy (non-hydrogen) atoms. The van der Waals surface area contributed by atoms with Crippen LogP contribution in [0.3, 0.4) is 0 Å². The number of aliphatic hydroxyl groups is 1. The molecular weight excluding hydrogens is 338 g/mol. The van der Waals surface area contributed by atoms with E-state index in [0.717, 1.165) is 25.7 Å². The summed E-state index contributed by atoms with van der Waals surface area (Å²) in [5.41, 5.74) is -1.28. The van der Waals surface area contributed by atoms with Crippen molar-refractivity contribution in [1.29, 1.82) is 0 Å². The molecule has 0 aliphatic heterocycles. The summed E-state index contributed by atoms with van der Waals surface area (Å²) >= 11 is 0. The van der Waals surface area contributed by atoms with Crippen LogP contribution < -0.4 is 14.2 Å². The molecule has 1 heterocycles. The zero-order valence-corrected chi connectivity index (χ0v) is 14.7. The Morgan fingerprint density at radius 1 is 1.00 bits per heavy atom.